The van der Waals surface area contributed by atoms with Gasteiger partial charge in [0.15, 0.2) is 0 Å². The van der Waals surface area contributed by atoms with E-state index >= 15 is 0 Å². The van der Waals surface area contributed by atoms with Gasteiger partial charge in [0.1, 0.15) is 5.82 Å². The lowest BCUT2D eigenvalue weighted by Crippen LogP contribution is -2.24. The molecule has 1 aromatic carbocycles. The molecule has 0 fully saturated rings. The third-order valence-electron chi connectivity index (χ3n) is 3.47. The number of benzene rings is 1. The molecule has 0 radical (unpaired) electrons. The molecule has 3 rings (SSSR count). The van der Waals surface area contributed by atoms with E-state index in [9.17, 15) is 14.0 Å². The van der Waals surface area contributed by atoms with Crippen LogP contribution >= 0.6 is 0 Å². The van der Waals surface area contributed by atoms with E-state index in [0.717, 1.165) is 6.07 Å². The van der Waals surface area contributed by atoms with Crippen LogP contribution in [0.1, 0.15) is 33.6 Å². The largest absolute Gasteiger partial charge is 0.460 e. The van der Waals surface area contributed by atoms with E-state index in [1.54, 1.807) is 18.5 Å². The van der Waals surface area contributed by atoms with Crippen molar-refractivity contribution in [1.82, 2.24) is 14.5 Å². The first-order chi connectivity index (χ1) is 10.5. The van der Waals surface area contributed by atoms with Crippen molar-refractivity contribution in [2.75, 3.05) is 13.7 Å². The molecule has 1 aliphatic heterocycles. The van der Waals surface area contributed by atoms with Gasteiger partial charge < -0.3 is 9.64 Å². The zero-order valence-corrected chi connectivity index (χ0v) is 12.2. The van der Waals surface area contributed by atoms with Gasteiger partial charge in [-0.05, 0) is 25.1 Å². The van der Waals surface area contributed by atoms with Crippen LogP contribution in [0.15, 0.2) is 24.4 Å². The number of rotatable bonds is 2. The van der Waals surface area contributed by atoms with Gasteiger partial charge in [-0.3, -0.25) is 9.36 Å². The van der Waals surface area contributed by atoms with Gasteiger partial charge in [-0.15, -0.1) is 0 Å². The third kappa shape index (κ3) is 2.14. The lowest BCUT2D eigenvalue weighted by molar-refractivity contribution is 0.0509. The monoisotopic (exact) mass is 303 g/mol. The maximum atomic E-state index is 13.5. The standard InChI is InChI=1S/C15H14FN3O3/c1-3-22-15(21)13-17-7-10-8-18(2)14(20)11-6-9(16)4-5-12(11)19(10)13/h4-7H,3,8H2,1-2H3. The first-order valence-electron chi connectivity index (χ1n) is 6.82. The molecule has 22 heavy (non-hydrogen) atoms. The summed E-state index contributed by atoms with van der Waals surface area (Å²) < 4.78 is 20.1. The molecule has 0 spiro atoms. The fraction of sp³-hybridized carbons (Fsp3) is 0.267. The third-order valence-corrected chi connectivity index (χ3v) is 3.47. The van der Waals surface area contributed by atoms with E-state index < -0.39 is 11.8 Å². The molecule has 6 nitrogen and oxygen atoms in total. The molecule has 0 saturated carbocycles. The Kier molecular flexibility index (Phi) is 3.40. The summed E-state index contributed by atoms with van der Waals surface area (Å²) in [6.45, 7) is 2.18. The number of hydrogen-bond acceptors (Lipinski definition) is 4. The number of imidazole rings is 1. The second-order valence-electron chi connectivity index (χ2n) is 4.95. The number of amides is 1. The molecule has 0 atom stereocenters. The SMILES string of the molecule is CCOC(=O)c1ncc2n1-c1ccc(F)cc1C(=O)N(C)C2. The van der Waals surface area contributed by atoms with Crippen molar-refractivity contribution in [2.45, 2.75) is 13.5 Å². The Balaban J connectivity index is 2.25. The van der Waals surface area contributed by atoms with Crippen LogP contribution in [0.25, 0.3) is 5.69 Å². The van der Waals surface area contributed by atoms with E-state index in [1.807, 2.05) is 0 Å². The van der Waals surface area contributed by atoms with Crippen molar-refractivity contribution in [3.05, 3.63) is 47.3 Å². The average Bonchev–Trinajstić information content (AvgIpc) is 2.86. The molecule has 0 aliphatic carbocycles. The van der Waals surface area contributed by atoms with Gasteiger partial charge in [0.05, 0.1) is 36.3 Å². The molecule has 2 heterocycles. The Morgan fingerprint density at radius 3 is 2.95 bits per heavy atom. The predicted molar refractivity (Wildman–Crippen MR) is 75.3 cm³/mol. The molecule has 1 aliphatic rings. The molecule has 7 heteroatoms. The highest BCUT2D eigenvalue weighted by Gasteiger charge is 2.28. The van der Waals surface area contributed by atoms with Crippen molar-refractivity contribution < 1.29 is 18.7 Å². The number of nitrogens with zero attached hydrogens (tertiary/aromatic N) is 3. The molecule has 1 aromatic heterocycles. The molecular formula is C15H14FN3O3. The van der Waals surface area contributed by atoms with Crippen molar-refractivity contribution in [3.63, 3.8) is 0 Å². The molecule has 0 bridgehead atoms. The molecule has 1 amide bonds. The normalized spacial score (nSPS) is 13.4. The van der Waals surface area contributed by atoms with E-state index in [2.05, 4.69) is 4.98 Å². The number of ether oxygens (including phenoxy) is 1. The highest BCUT2D eigenvalue weighted by Crippen LogP contribution is 2.26. The van der Waals surface area contributed by atoms with Crippen LogP contribution in [0.4, 0.5) is 4.39 Å². The maximum Gasteiger partial charge on any atom is 0.374 e. The van der Waals surface area contributed by atoms with Gasteiger partial charge in [0.25, 0.3) is 5.91 Å². The van der Waals surface area contributed by atoms with Gasteiger partial charge in [-0.1, -0.05) is 0 Å². The van der Waals surface area contributed by atoms with Crippen LogP contribution < -0.4 is 0 Å². The van der Waals surface area contributed by atoms with Crippen LogP contribution in [0.2, 0.25) is 0 Å². The minimum atomic E-state index is -0.582. The summed E-state index contributed by atoms with van der Waals surface area (Å²) in [7, 11) is 1.61. The van der Waals surface area contributed by atoms with Crippen LogP contribution in [0.5, 0.6) is 0 Å². The first-order valence-corrected chi connectivity index (χ1v) is 6.82. The van der Waals surface area contributed by atoms with Crippen LogP contribution in [-0.4, -0.2) is 40.0 Å². The quantitative estimate of drug-likeness (QED) is 0.793. The van der Waals surface area contributed by atoms with Crippen LogP contribution in [-0.2, 0) is 11.3 Å². The highest BCUT2D eigenvalue weighted by molar-refractivity contribution is 5.99. The first kappa shape index (κ1) is 14.2. The topological polar surface area (TPSA) is 64.4 Å². The highest BCUT2D eigenvalue weighted by atomic mass is 19.1. The minimum absolute atomic E-state index is 0.0767. The molecule has 0 unspecified atom stereocenters. The van der Waals surface area contributed by atoms with Crippen molar-refractivity contribution >= 4 is 11.9 Å². The Labute approximate surface area is 126 Å². The maximum absolute atomic E-state index is 13.5. The minimum Gasteiger partial charge on any atom is -0.460 e. The van der Waals surface area contributed by atoms with E-state index in [0.29, 0.717) is 11.4 Å². The van der Waals surface area contributed by atoms with Gasteiger partial charge in [0.2, 0.25) is 5.82 Å². The number of carbonyl (C=O) groups is 2. The molecular weight excluding hydrogens is 289 g/mol. The summed E-state index contributed by atoms with van der Waals surface area (Å²) in [4.78, 5) is 30.0. The van der Waals surface area contributed by atoms with Gasteiger partial charge in [-0.2, -0.15) is 0 Å². The van der Waals surface area contributed by atoms with Crippen molar-refractivity contribution in [2.24, 2.45) is 0 Å². The fourth-order valence-electron chi connectivity index (χ4n) is 2.50. The second-order valence-corrected chi connectivity index (χ2v) is 4.95. The number of fused-ring (bicyclic) bond motifs is 3. The zero-order chi connectivity index (χ0) is 15.9. The summed E-state index contributed by atoms with van der Waals surface area (Å²) in [5.74, 6) is -1.33. The molecule has 114 valence electrons. The summed E-state index contributed by atoms with van der Waals surface area (Å²) in [5, 5.41) is 0. The smallest absolute Gasteiger partial charge is 0.374 e. The van der Waals surface area contributed by atoms with Gasteiger partial charge in [-0.25, -0.2) is 14.2 Å². The molecule has 0 saturated heterocycles. The van der Waals surface area contributed by atoms with Crippen molar-refractivity contribution in [3.8, 4) is 5.69 Å². The van der Waals surface area contributed by atoms with Crippen LogP contribution in [0.3, 0.4) is 0 Å². The second kappa shape index (κ2) is 5.25. The van der Waals surface area contributed by atoms with E-state index in [-0.39, 0.29) is 30.4 Å². The Bertz CT molecular complexity index is 769. The summed E-state index contributed by atoms with van der Waals surface area (Å²) >= 11 is 0. The summed E-state index contributed by atoms with van der Waals surface area (Å²) in [5.41, 5.74) is 1.26. The number of hydrogen-bond donors (Lipinski definition) is 0. The lowest BCUT2D eigenvalue weighted by Gasteiger charge is -2.13. The van der Waals surface area contributed by atoms with Gasteiger partial charge >= 0.3 is 5.97 Å². The fourth-order valence-corrected chi connectivity index (χ4v) is 2.50. The summed E-state index contributed by atoms with van der Waals surface area (Å²) in [6, 6.07) is 3.88. The lowest BCUT2D eigenvalue weighted by atomic mass is 10.1. The number of halogens is 1. The number of esters is 1. The van der Waals surface area contributed by atoms with E-state index in [4.69, 9.17) is 4.74 Å². The average molecular weight is 303 g/mol. The predicted octanol–water partition coefficient (Wildman–Crippen LogP) is 1.77. The number of aromatic nitrogens is 2. The summed E-state index contributed by atoms with van der Waals surface area (Å²) in [6.07, 6.45) is 1.52. The molecule has 2 aromatic rings. The molecule has 0 N–H and O–H groups in total. The number of carbonyl (C=O) groups excluding carboxylic acids is 2. The van der Waals surface area contributed by atoms with Crippen molar-refractivity contribution in [1.29, 1.82) is 0 Å². The Morgan fingerprint density at radius 2 is 2.23 bits per heavy atom. The Hall–Kier alpha value is -2.70. The van der Waals surface area contributed by atoms with Crippen LogP contribution in [0, 0.1) is 5.82 Å². The van der Waals surface area contributed by atoms with E-state index in [1.165, 1.54) is 23.2 Å². The van der Waals surface area contributed by atoms with Gasteiger partial charge in [0, 0.05) is 7.05 Å². The zero-order valence-electron chi connectivity index (χ0n) is 12.2. The Morgan fingerprint density at radius 1 is 1.45 bits per heavy atom.